The van der Waals surface area contributed by atoms with Crippen molar-refractivity contribution in [2.45, 2.75) is 0 Å². The van der Waals surface area contributed by atoms with E-state index in [0.717, 1.165) is 5.82 Å². The Morgan fingerprint density at radius 2 is 1.90 bits per heavy atom. The summed E-state index contributed by atoms with van der Waals surface area (Å²) >= 11 is 0. The van der Waals surface area contributed by atoms with Gasteiger partial charge in [-0.1, -0.05) is 6.07 Å². The summed E-state index contributed by atoms with van der Waals surface area (Å²) < 4.78 is 13.2. The van der Waals surface area contributed by atoms with Crippen molar-refractivity contribution in [2.24, 2.45) is 0 Å². The number of rotatable bonds is 2. The lowest BCUT2D eigenvalue weighted by atomic mass is 10.1. The summed E-state index contributed by atoms with van der Waals surface area (Å²) in [4.78, 5) is 16.1. The summed E-state index contributed by atoms with van der Waals surface area (Å²) in [5.41, 5.74) is 0.392. The van der Waals surface area contributed by atoms with E-state index in [2.05, 4.69) is 15.1 Å². The molecule has 0 radical (unpaired) electrons. The molecule has 0 unspecified atom stereocenters. The first-order valence-corrected chi connectivity index (χ1v) is 6.81. The van der Waals surface area contributed by atoms with Gasteiger partial charge < -0.3 is 9.80 Å². The number of carbonyl (C=O) groups is 1. The summed E-state index contributed by atoms with van der Waals surface area (Å²) in [6.45, 7) is 2.57. The summed E-state index contributed by atoms with van der Waals surface area (Å²) in [7, 11) is 0. The fourth-order valence-electron chi connectivity index (χ4n) is 2.40. The predicted molar refractivity (Wildman–Crippen MR) is 76.5 cm³/mol. The molecule has 108 valence electrons. The molecule has 0 atom stereocenters. The number of hydrogen-bond donors (Lipinski definition) is 0. The Morgan fingerprint density at radius 1 is 1.10 bits per heavy atom. The Morgan fingerprint density at radius 3 is 2.57 bits per heavy atom. The number of nitrogens with zero attached hydrogens (tertiary/aromatic N) is 4. The average Bonchev–Trinajstić information content (AvgIpc) is 2.55. The molecule has 0 saturated carbocycles. The molecule has 21 heavy (non-hydrogen) atoms. The number of anilines is 1. The van der Waals surface area contributed by atoms with Crippen LogP contribution in [0.3, 0.4) is 0 Å². The highest BCUT2D eigenvalue weighted by molar-refractivity contribution is 5.94. The van der Waals surface area contributed by atoms with E-state index in [1.807, 2.05) is 12.1 Å². The molecular formula is C15H15FN4O. The minimum atomic E-state index is -0.390. The summed E-state index contributed by atoms with van der Waals surface area (Å²) in [5, 5.41) is 7.92. The van der Waals surface area contributed by atoms with Crippen molar-refractivity contribution in [3.63, 3.8) is 0 Å². The van der Waals surface area contributed by atoms with Crippen LogP contribution in [-0.2, 0) is 0 Å². The SMILES string of the molecule is O=C(c1cccc(F)c1)N1CCN(c2cccnn2)CC1. The molecule has 5 nitrogen and oxygen atoms in total. The van der Waals surface area contributed by atoms with Gasteiger partial charge in [-0.25, -0.2) is 4.39 Å². The smallest absolute Gasteiger partial charge is 0.254 e. The predicted octanol–water partition coefficient (Wildman–Crippen LogP) is 1.58. The first-order valence-electron chi connectivity index (χ1n) is 6.81. The van der Waals surface area contributed by atoms with E-state index in [-0.39, 0.29) is 11.7 Å². The Kier molecular flexibility index (Phi) is 3.77. The highest BCUT2D eigenvalue weighted by Gasteiger charge is 2.23. The second-order valence-electron chi connectivity index (χ2n) is 4.87. The summed E-state index contributed by atoms with van der Waals surface area (Å²) in [5.74, 6) is 0.294. The molecule has 1 saturated heterocycles. The van der Waals surface area contributed by atoms with Crippen molar-refractivity contribution >= 4 is 11.7 Å². The standard InChI is InChI=1S/C15H15FN4O/c16-13-4-1-3-12(11-13)15(21)20-9-7-19(8-10-20)14-5-2-6-17-18-14/h1-6,11H,7-10H2. The second kappa shape index (κ2) is 5.87. The Labute approximate surface area is 122 Å². The van der Waals surface area contributed by atoms with Crippen LogP contribution in [0.4, 0.5) is 10.2 Å². The van der Waals surface area contributed by atoms with Gasteiger partial charge in [0.25, 0.3) is 5.91 Å². The average molecular weight is 286 g/mol. The molecule has 1 aliphatic heterocycles. The number of halogens is 1. The van der Waals surface area contributed by atoms with Crippen molar-refractivity contribution < 1.29 is 9.18 Å². The van der Waals surface area contributed by atoms with Crippen molar-refractivity contribution in [2.75, 3.05) is 31.1 Å². The fourth-order valence-corrected chi connectivity index (χ4v) is 2.40. The van der Waals surface area contributed by atoms with E-state index in [1.54, 1.807) is 23.2 Å². The van der Waals surface area contributed by atoms with Crippen molar-refractivity contribution in [1.82, 2.24) is 15.1 Å². The normalized spacial score (nSPS) is 15.1. The molecule has 1 aromatic carbocycles. The highest BCUT2D eigenvalue weighted by atomic mass is 19.1. The molecule has 3 rings (SSSR count). The molecule has 2 aromatic rings. The second-order valence-corrected chi connectivity index (χ2v) is 4.87. The molecule has 0 N–H and O–H groups in total. The van der Waals surface area contributed by atoms with Gasteiger partial charge in [0.1, 0.15) is 5.82 Å². The van der Waals surface area contributed by atoms with Crippen LogP contribution in [0.15, 0.2) is 42.6 Å². The minimum absolute atomic E-state index is 0.131. The van der Waals surface area contributed by atoms with Crippen LogP contribution in [0.1, 0.15) is 10.4 Å². The number of piperazine rings is 1. The fraction of sp³-hybridized carbons (Fsp3) is 0.267. The van der Waals surface area contributed by atoms with Gasteiger partial charge in [-0.3, -0.25) is 4.79 Å². The largest absolute Gasteiger partial charge is 0.352 e. The molecule has 1 aromatic heterocycles. The minimum Gasteiger partial charge on any atom is -0.352 e. The molecule has 1 amide bonds. The van der Waals surface area contributed by atoms with E-state index < -0.39 is 0 Å². The third-order valence-electron chi connectivity index (χ3n) is 3.52. The van der Waals surface area contributed by atoms with Crippen LogP contribution in [0, 0.1) is 5.82 Å². The van der Waals surface area contributed by atoms with E-state index in [1.165, 1.54) is 12.1 Å². The maximum Gasteiger partial charge on any atom is 0.254 e. The Hall–Kier alpha value is -2.50. The van der Waals surface area contributed by atoms with E-state index >= 15 is 0 Å². The van der Waals surface area contributed by atoms with Crippen LogP contribution < -0.4 is 4.90 Å². The van der Waals surface area contributed by atoms with Crippen LogP contribution in [0.5, 0.6) is 0 Å². The lowest BCUT2D eigenvalue weighted by Crippen LogP contribution is -2.49. The third kappa shape index (κ3) is 2.99. The van der Waals surface area contributed by atoms with E-state index in [0.29, 0.717) is 31.7 Å². The number of hydrogen-bond acceptors (Lipinski definition) is 4. The van der Waals surface area contributed by atoms with Gasteiger partial charge in [0.15, 0.2) is 5.82 Å². The first-order chi connectivity index (χ1) is 10.2. The number of aromatic nitrogens is 2. The first kappa shape index (κ1) is 13.5. The van der Waals surface area contributed by atoms with Crippen molar-refractivity contribution in [3.8, 4) is 0 Å². The quantitative estimate of drug-likeness (QED) is 0.841. The van der Waals surface area contributed by atoms with Gasteiger partial charge in [-0.15, -0.1) is 5.10 Å². The van der Waals surface area contributed by atoms with Crippen LogP contribution in [0.25, 0.3) is 0 Å². The lowest BCUT2D eigenvalue weighted by Gasteiger charge is -2.35. The maximum atomic E-state index is 13.2. The van der Waals surface area contributed by atoms with E-state index in [9.17, 15) is 9.18 Å². The van der Waals surface area contributed by atoms with Crippen LogP contribution in [-0.4, -0.2) is 47.2 Å². The van der Waals surface area contributed by atoms with Gasteiger partial charge >= 0.3 is 0 Å². The molecule has 2 heterocycles. The summed E-state index contributed by atoms with van der Waals surface area (Å²) in [6, 6.07) is 9.54. The zero-order valence-corrected chi connectivity index (χ0v) is 11.4. The van der Waals surface area contributed by atoms with Crippen LogP contribution >= 0.6 is 0 Å². The van der Waals surface area contributed by atoms with Gasteiger partial charge in [0.2, 0.25) is 0 Å². The highest BCUT2D eigenvalue weighted by Crippen LogP contribution is 2.14. The van der Waals surface area contributed by atoms with Gasteiger partial charge in [0.05, 0.1) is 0 Å². The van der Waals surface area contributed by atoms with Gasteiger partial charge in [0, 0.05) is 37.9 Å². The molecule has 1 fully saturated rings. The molecule has 0 spiro atoms. The molecular weight excluding hydrogens is 271 g/mol. The van der Waals surface area contributed by atoms with Gasteiger partial charge in [-0.05, 0) is 30.3 Å². The molecule has 0 bridgehead atoms. The maximum absolute atomic E-state index is 13.2. The topological polar surface area (TPSA) is 49.3 Å². The van der Waals surface area contributed by atoms with E-state index in [4.69, 9.17) is 0 Å². The summed E-state index contributed by atoms with van der Waals surface area (Å²) in [6.07, 6.45) is 1.63. The third-order valence-corrected chi connectivity index (χ3v) is 3.52. The number of benzene rings is 1. The lowest BCUT2D eigenvalue weighted by molar-refractivity contribution is 0.0746. The number of amides is 1. The molecule has 6 heteroatoms. The zero-order chi connectivity index (χ0) is 14.7. The van der Waals surface area contributed by atoms with Crippen molar-refractivity contribution in [1.29, 1.82) is 0 Å². The van der Waals surface area contributed by atoms with Crippen LogP contribution in [0.2, 0.25) is 0 Å². The molecule has 0 aliphatic carbocycles. The monoisotopic (exact) mass is 286 g/mol. The zero-order valence-electron chi connectivity index (χ0n) is 11.4. The van der Waals surface area contributed by atoms with Gasteiger partial charge in [-0.2, -0.15) is 5.10 Å². The number of carbonyl (C=O) groups excluding carboxylic acids is 1. The Balaban J connectivity index is 1.64. The Bertz CT molecular complexity index is 627. The molecule has 1 aliphatic rings. The van der Waals surface area contributed by atoms with Crippen molar-refractivity contribution in [3.05, 3.63) is 54.0 Å².